The van der Waals surface area contributed by atoms with E-state index in [-0.39, 0.29) is 12.5 Å². The first-order chi connectivity index (χ1) is 8.58. The normalized spacial score (nSPS) is 10.4. The molecule has 4 nitrogen and oxygen atoms in total. The third-order valence-corrected chi connectivity index (χ3v) is 2.76. The molecule has 0 radical (unpaired) electrons. The third kappa shape index (κ3) is 6.61. The minimum absolute atomic E-state index is 0.0540. The van der Waals surface area contributed by atoms with Crippen molar-refractivity contribution in [3.63, 3.8) is 0 Å². The van der Waals surface area contributed by atoms with Crippen molar-refractivity contribution in [1.29, 1.82) is 0 Å². The van der Waals surface area contributed by atoms with Crippen molar-refractivity contribution < 1.29 is 9.53 Å². The number of halogens is 1. The van der Waals surface area contributed by atoms with Gasteiger partial charge < -0.3 is 15.0 Å². The molecule has 1 amide bonds. The summed E-state index contributed by atoms with van der Waals surface area (Å²) in [5.41, 5.74) is 0. The highest BCUT2D eigenvalue weighted by Crippen LogP contribution is 2.17. The fraction of sp³-hybridized carbons (Fsp3) is 0.462. The number of hydrogen-bond donors (Lipinski definition) is 1. The second-order valence-electron chi connectivity index (χ2n) is 4.25. The van der Waals surface area contributed by atoms with Gasteiger partial charge in [-0.15, -0.1) is 0 Å². The SMILES string of the molecule is CN(C)CCCNC(=O)COc1cccc(Br)c1. The first kappa shape index (κ1) is 15.0. The molecule has 0 spiro atoms. The summed E-state index contributed by atoms with van der Waals surface area (Å²) in [6.07, 6.45) is 0.940. The van der Waals surface area contributed by atoms with Crippen LogP contribution in [0.2, 0.25) is 0 Å². The molecule has 0 fully saturated rings. The number of nitrogens with zero attached hydrogens (tertiary/aromatic N) is 1. The zero-order valence-corrected chi connectivity index (χ0v) is 12.4. The highest BCUT2D eigenvalue weighted by molar-refractivity contribution is 9.10. The second-order valence-corrected chi connectivity index (χ2v) is 5.17. The first-order valence-corrected chi connectivity index (χ1v) is 6.67. The van der Waals surface area contributed by atoms with E-state index in [9.17, 15) is 4.79 Å². The molecule has 18 heavy (non-hydrogen) atoms. The summed E-state index contributed by atoms with van der Waals surface area (Å²) in [6, 6.07) is 7.44. The molecule has 5 heteroatoms. The van der Waals surface area contributed by atoms with Gasteiger partial charge in [-0.2, -0.15) is 0 Å². The topological polar surface area (TPSA) is 41.6 Å². The number of ether oxygens (including phenoxy) is 1. The Morgan fingerprint density at radius 3 is 2.89 bits per heavy atom. The molecule has 0 aliphatic carbocycles. The van der Waals surface area contributed by atoms with E-state index in [2.05, 4.69) is 26.1 Å². The molecule has 1 rings (SSSR count). The van der Waals surface area contributed by atoms with Crippen molar-refractivity contribution in [3.8, 4) is 5.75 Å². The molecule has 1 aromatic carbocycles. The van der Waals surface area contributed by atoms with Crippen LogP contribution in [0.3, 0.4) is 0 Å². The lowest BCUT2D eigenvalue weighted by molar-refractivity contribution is -0.123. The van der Waals surface area contributed by atoms with Gasteiger partial charge in [0.15, 0.2) is 6.61 Å². The van der Waals surface area contributed by atoms with E-state index in [1.165, 1.54) is 0 Å². The molecule has 0 aliphatic rings. The lowest BCUT2D eigenvalue weighted by atomic mass is 10.3. The molecule has 0 aliphatic heterocycles. The zero-order chi connectivity index (χ0) is 13.4. The Balaban J connectivity index is 2.17. The number of nitrogens with one attached hydrogen (secondary N) is 1. The number of hydrogen-bond acceptors (Lipinski definition) is 3. The minimum Gasteiger partial charge on any atom is -0.484 e. The zero-order valence-electron chi connectivity index (χ0n) is 10.8. The highest BCUT2D eigenvalue weighted by atomic mass is 79.9. The molecule has 0 saturated heterocycles. The maximum Gasteiger partial charge on any atom is 0.257 e. The summed E-state index contributed by atoms with van der Waals surface area (Å²) in [5.74, 6) is 0.599. The predicted molar refractivity (Wildman–Crippen MR) is 75.8 cm³/mol. The van der Waals surface area contributed by atoms with Gasteiger partial charge in [0.25, 0.3) is 5.91 Å². The molecular formula is C13H19BrN2O2. The Labute approximate surface area is 116 Å². The fourth-order valence-corrected chi connectivity index (χ4v) is 1.76. The number of rotatable bonds is 7. The lowest BCUT2D eigenvalue weighted by Gasteiger charge is -2.10. The second kappa shape index (κ2) is 8.11. The Bertz CT molecular complexity index is 383. The fourth-order valence-electron chi connectivity index (χ4n) is 1.38. The third-order valence-electron chi connectivity index (χ3n) is 2.27. The van der Waals surface area contributed by atoms with Gasteiger partial charge in [-0.1, -0.05) is 22.0 Å². The van der Waals surface area contributed by atoms with Gasteiger partial charge >= 0.3 is 0 Å². The summed E-state index contributed by atoms with van der Waals surface area (Å²) in [4.78, 5) is 13.6. The van der Waals surface area contributed by atoms with Crippen molar-refractivity contribution in [2.45, 2.75) is 6.42 Å². The molecule has 0 bridgehead atoms. The molecule has 0 unspecified atom stereocenters. The van der Waals surface area contributed by atoms with Gasteiger partial charge in [-0.25, -0.2) is 0 Å². The van der Waals surface area contributed by atoms with Crippen LogP contribution in [0.5, 0.6) is 5.75 Å². The molecular weight excluding hydrogens is 296 g/mol. The van der Waals surface area contributed by atoms with Crippen molar-refractivity contribution >= 4 is 21.8 Å². The largest absolute Gasteiger partial charge is 0.484 e. The minimum atomic E-state index is -0.0891. The smallest absolute Gasteiger partial charge is 0.257 e. The van der Waals surface area contributed by atoms with Crippen LogP contribution in [0, 0.1) is 0 Å². The van der Waals surface area contributed by atoms with Gasteiger partial charge in [-0.3, -0.25) is 4.79 Å². The maximum atomic E-state index is 11.5. The van der Waals surface area contributed by atoms with E-state index in [1.54, 1.807) is 0 Å². The summed E-state index contributed by atoms with van der Waals surface area (Å²) < 4.78 is 6.31. The predicted octanol–water partition coefficient (Wildman–Crippen LogP) is 1.90. The summed E-state index contributed by atoms with van der Waals surface area (Å²) in [5, 5.41) is 2.82. The number of carbonyl (C=O) groups excluding carboxylic acids is 1. The lowest BCUT2D eigenvalue weighted by Crippen LogP contribution is -2.31. The number of amides is 1. The maximum absolute atomic E-state index is 11.5. The van der Waals surface area contributed by atoms with Crippen LogP contribution in [0.4, 0.5) is 0 Å². The molecule has 0 atom stereocenters. The molecule has 100 valence electrons. The van der Waals surface area contributed by atoms with Crippen LogP contribution in [-0.2, 0) is 4.79 Å². The molecule has 0 aromatic heterocycles. The summed E-state index contributed by atoms with van der Waals surface area (Å²) in [6.45, 7) is 1.70. The van der Waals surface area contributed by atoms with Crippen LogP contribution in [0.1, 0.15) is 6.42 Å². The molecule has 0 heterocycles. The van der Waals surface area contributed by atoms with Crippen LogP contribution in [-0.4, -0.2) is 44.6 Å². The van der Waals surface area contributed by atoms with Crippen molar-refractivity contribution in [1.82, 2.24) is 10.2 Å². The van der Waals surface area contributed by atoms with Crippen LogP contribution in [0.25, 0.3) is 0 Å². The average molecular weight is 315 g/mol. The van der Waals surface area contributed by atoms with Gasteiger partial charge in [0.2, 0.25) is 0 Å². The van der Waals surface area contributed by atoms with Gasteiger partial charge in [-0.05, 0) is 45.3 Å². The summed E-state index contributed by atoms with van der Waals surface area (Å²) >= 11 is 3.35. The number of carbonyl (C=O) groups is 1. The Kier molecular flexibility index (Phi) is 6.75. The molecule has 1 N–H and O–H groups in total. The average Bonchev–Trinajstić information content (AvgIpc) is 2.32. The van der Waals surface area contributed by atoms with Crippen LogP contribution < -0.4 is 10.1 Å². The van der Waals surface area contributed by atoms with Crippen molar-refractivity contribution in [2.75, 3.05) is 33.8 Å². The van der Waals surface area contributed by atoms with Gasteiger partial charge in [0.05, 0.1) is 0 Å². The van der Waals surface area contributed by atoms with E-state index in [0.717, 1.165) is 17.4 Å². The van der Waals surface area contributed by atoms with Crippen molar-refractivity contribution in [2.24, 2.45) is 0 Å². The Hall–Kier alpha value is -1.07. The Morgan fingerprint density at radius 1 is 1.44 bits per heavy atom. The van der Waals surface area contributed by atoms with E-state index in [1.807, 2.05) is 38.4 Å². The molecule has 1 aromatic rings. The quantitative estimate of drug-likeness (QED) is 0.782. The summed E-state index contributed by atoms with van der Waals surface area (Å²) in [7, 11) is 4.02. The van der Waals surface area contributed by atoms with E-state index in [0.29, 0.717) is 12.3 Å². The van der Waals surface area contributed by atoms with E-state index in [4.69, 9.17) is 4.74 Å². The standard InChI is InChI=1S/C13H19BrN2O2/c1-16(2)8-4-7-15-13(17)10-18-12-6-3-5-11(14)9-12/h3,5-6,9H,4,7-8,10H2,1-2H3,(H,15,17). The van der Waals surface area contributed by atoms with Crippen molar-refractivity contribution in [3.05, 3.63) is 28.7 Å². The monoisotopic (exact) mass is 314 g/mol. The van der Waals surface area contributed by atoms with Crippen LogP contribution in [0.15, 0.2) is 28.7 Å². The van der Waals surface area contributed by atoms with E-state index < -0.39 is 0 Å². The van der Waals surface area contributed by atoms with E-state index >= 15 is 0 Å². The molecule has 0 saturated carbocycles. The van der Waals surface area contributed by atoms with Crippen LogP contribution >= 0.6 is 15.9 Å². The Morgan fingerprint density at radius 2 is 2.22 bits per heavy atom. The van der Waals surface area contributed by atoms with Gasteiger partial charge in [0.1, 0.15) is 5.75 Å². The highest BCUT2D eigenvalue weighted by Gasteiger charge is 2.02. The van der Waals surface area contributed by atoms with Gasteiger partial charge in [0, 0.05) is 11.0 Å². The number of benzene rings is 1. The first-order valence-electron chi connectivity index (χ1n) is 5.88.